The molecule has 0 spiro atoms. The minimum atomic E-state index is -0.299. The molecule has 0 aliphatic carbocycles. The van der Waals surface area contributed by atoms with E-state index in [-0.39, 0.29) is 6.03 Å². The third-order valence-electron chi connectivity index (χ3n) is 4.53. The SMILES string of the molecule is Cc1cc(C)cc(NC(=O)Nc2nnc(N3[C@@H](C)CCC[C@@H]3C)s2)c1. The Kier molecular flexibility index (Phi) is 5.22. The summed E-state index contributed by atoms with van der Waals surface area (Å²) in [6.45, 7) is 8.45. The standard InChI is InChI=1S/C18H25N5OS/c1-11-8-12(2)10-15(9-11)19-16(24)20-17-21-22-18(25-17)23-13(3)6-5-7-14(23)4/h8-10,13-14H,5-7H2,1-4H3,(H2,19,20,21,24)/t13-,14-/m0/s1. The number of urea groups is 1. The van der Waals surface area contributed by atoms with Gasteiger partial charge in [0.25, 0.3) is 0 Å². The zero-order chi connectivity index (χ0) is 18.0. The highest BCUT2D eigenvalue weighted by Crippen LogP contribution is 2.32. The summed E-state index contributed by atoms with van der Waals surface area (Å²) in [6, 6.07) is 6.56. The summed E-state index contributed by atoms with van der Waals surface area (Å²) in [5, 5.41) is 15.4. The van der Waals surface area contributed by atoms with Crippen molar-refractivity contribution >= 4 is 33.3 Å². The maximum Gasteiger partial charge on any atom is 0.325 e. The van der Waals surface area contributed by atoms with Crippen LogP contribution in [0.2, 0.25) is 0 Å². The number of anilines is 3. The Morgan fingerprint density at radius 2 is 1.72 bits per heavy atom. The van der Waals surface area contributed by atoms with Crippen LogP contribution in [-0.2, 0) is 0 Å². The van der Waals surface area contributed by atoms with Crippen LogP contribution in [0.4, 0.5) is 20.7 Å². The van der Waals surface area contributed by atoms with Crippen LogP contribution >= 0.6 is 11.3 Å². The number of benzene rings is 1. The van der Waals surface area contributed by atoms with Gasteiger partial charge in [-0.25, -0.2) is 4.79 Å². The number of carbonyl (C=O) groups excluding carboxylic acids is 1. The molecule has 1 aliphatic heterocycles. The van der Waals surface area contributed by atoms with Gasteiger partial charge in [-0.1, -0.05) is 17.4 Å². The molecule has 0 saturated carbocycles. The van der Waals surface area contributed by atoms with Crippen molar-refractivity contribution in [2.75, 3.05) is 15.5 Å². The van der Waals surface area contributed by atoms with Gasteiger partial charge in [-0.3, -0.25) is 5.32 Å². The summed E-state index contributed by atoms with van der Waals surface area (Å²) in [6.07, 6.45) is 3.58. The van der Waals surface area contributed by atoms with Gasteiger partial charge in [-0.15, -0.1) is 10.2 Å². The van der Waals surface area contributed by atoms with Crippen molar-refractivity contribution < 1.29 is 4.79 Å². The molecule has 1 aromatic carbocycles. The average molecular weight is 359 g/mol. The van der Waals surface area contributed by atoms with E-state index in [1.807, 2.05) is 26.0 Å². The number of nitrogens with zero attached hydrogens (tertiary/aromatic N) is 3. The average Bonchev–Trinajstić information content (AvgIpc) is 2.93. The van der Waals surface area contributed by atoms with Gasteiger partial charge in [0.1, 0.15) is 0 Å². The van der Waals surface area contributed by atoms with Crippen molar-refractivity contribution in [3.05, 3.63) is 29.3 Å². The second kappa shape index (κ2) is 7.39. The summed E-state index contributed by atoms with van der Waals surface area (Å²) >= 11 is 1.42. The van der Waals surface area contributed by atoms with E-state index < -0.39 is 0 Å². The first-order valence-electron chi connectivity index (χ1n) is 8.70. The third kappa shape index (κ3) is 4.28. The topological polar surface area (TPSA) is 70.1 Å². The Balaban J connectivity index is 1.65. The van der Waals surface area contributed by atoms with E-state index in [0.29, 0.717) is 17.2 Å². The first kappa shape index (κ1) is 17.7. The fourth-order valence-electron chi connectivity index (χ4n) is 3.47. The van der Waals surface area contributed by atoms with Crippen LogP contribution in [0.5, 0.6) is 0 Å². The molecule has 1 aromatic heterocycles. The molecule has 0 unspecified atom stereocenters. The van der Waals surface area contributed by atoms with Crippen LogP contribution in [-0.4, -0.2) is 28.3 Å². The van der Waals surface area contributed by atoms with E-state index in [2.05, 4.69) is 45.6 Å². The number of amides is 2. The van der Waals surface area contributed by atoms with Crippen LogP contribution in [0.1, 0.15) is 44.2 Å². The summed E-state index contributed by atoms with van der Waals surface area (Å²) in [5.41, 5.74) is 3.00. The van der Waals surface area contributed by atoms with Gasteiger partial charge in [-0.05, 0) is 70.2 Å². The molecule has 7 heteroatoms. The molecule has 1 aliphatic rings. The highest BCUT2D eigenvalue weighted by atomic mass is 32.1. The third-order valence-corrected chi connectivity index (χ3v) is 5.38. The van der Waals surface area contributed by atoms with Gasteiger partial charge in [0, 0.05) is 17.8 Å². The molecular formula is C18H25N5OS. The Hall–Kier alpha value is -2.15. The van der Waals surface area contributed by atoms with Crippen molar-refractivity contribution in [1.29, 1.82) is 0 Å². The van der Waals surface area contributed by atoms with Crippen LogP contribution in [0, 0.1) is 13.8 Å². The van der Waals surface area contributed by atoms with E-state index in [4.69, 9.17) is 0 Å². The number of piperidine rings is 1. The second-order valence-electron chi connectivity index (χ2n) is 6.88. The maximum absolute atomic E-state index is 12.2. The number of hydrogen-bond donors (Lipinski definition) is 2. The van der Waals surface area contributed by atoms with Crippen molar-refractivity contribution in [1.82, 2.24) is 10.2 Å². The number of hydrogen-bond acceptors (Lipinski definition) is 5. The molecule has 3 rings (SSSR count). The molecule has 134 valence electrons. The van der Waals surface area contributed by atoms with Crippen LogP contribution in [0.25, 0.3) is 0 Å². The predicted molar refractivity (Wildman–Crippen MR) is 104 cm³/mol. The first-order valence-corrected chi connectivity index (χ1v) is 9.52. The highest BCUT2D eigenvalue weighted by molar-refractivity contribution is 7.19. The minimum absolute atomic E-state index is 0.299. The molecule has 6 nitrogen and oxygen atoms in total. The molecular weight excluding hydrogens is 334 g/mol. The largest absolute Gasteiger partial charge is 0.341 e. The van der Waals surface area contributed by atoms with E-state index in [1.54, 1.807) is 0 Å². The maximum atomic E-state index is 12.2. The number of nitrogens with one attached hydrogen (secondary N) is 2. The lowest BCUT2D eigenvalue weighted by atomic mass is 9.98. The molecule has 0 bridgehead atoms. The second-order valence-corrected chi connectivity index (χ2v) is 7.84. The Morgan fingerprint density at radius 3 is 2.36 bits per heavy atom. The monoisotopic (exact) mass is 359 g/mol. The molecule has 1 saturated heterocycles. The van der Waals surface area contributed by atoms with Crippen LogP contribution in [0.15, 0.2) is 18.2 Å². The molecule has 1 fully saturated rings. The number of rotatable bonds is 3. The summed E-state index contributed by atoms with van der Waals surface area (Å²) < 4.78 is 0. The zero-order valence-electron chi connectivity index (χ0n) is 15.2. The predicted octanol–water partition coefficient (Wildman–Crippen LogP) is 4.57. The zero-order valence-corrected chi connectivity index (χ0v) is 16.0. The molecule has 0 radical (unpaired) electrons. The number of aryl methyl sites for hydroxylation is 2. The van der Waals surface area contributed by atoms with Gasteiger partial charge in [0.15, 0.2) is 0 Å². The van der Waals surface area contributed by atoms with Gasteiger partial charge in [-0.2, -0.15) is 0 Å². The molecule has 2 amide bonds. The van der Waals surface area contributed by atoms with E-state index in [1.165, 1.54) is 30.6 Å². The van der Waals surface area contributed by atoms with Gasteiger partial charge in [0.05, 0.1) is 0 Å². The van der Waals surface area contributed by atoms with Gasteiger partial charge in [0.2, 0.25) is 10.3 Å². The normalized spacial score (nSPS) is 20.4. The van der Waals surface area contributed by atoms with Gasteiger partial charge >= 0.3 is 6.03 Å². The highest BCUT2D eigenvalue weighted by Gasteiger charge is 2.27. The van der Waals surface area contributed by atoms with Crippen LogP contribution in [0.3, 0.4) is 0 Å². The van der Waals surface area contributed by atoms with E-state index >= 15 is 0 Å². The van der Waals surface area contributed by atoms with Crippen molar-refractivity contribution in [3.63, 3.8) is 0 Å². The summed E-state index contributed by atoms with van der Waals surface area (Å²) in [4.78, 5) is 14.5. The van der Waals surface area contributed by atoms with Crippen molar-refractivity contribution in [2.24, 2.45) is 0 Å². The smallest absolute Gasteiger partial charge is 0.325 e. The fraction of sp³-hybridized carbons (Fsp3) is 0.500. The van der Waals surface area contributed by atoms with Crippen LogP contribution < -0.4 is 15.5 Å². The number of carbonyl (C=O) groups is 1. The molecule has 2 N–H and O–H groups in total. The van der Waals surface area contributed by atoms with E-state index in [9.17, 15) is 4.79 Å². The number of aromatic nitrogens is 2. The lowest BCUT2D eigenvalue weighted by Gasteiger charge is -2.38. The molecule has 2 atom stereocenters. The molecule has 2 heterocycles. The fourth-order valence-corrected chi connectivity index (χ4v) is 4.42. The Bertz CT molecular complexity index is 729. The van der Waals surface area contributed by atoms with E-state index in [0.717, 1.165) is 21.9 Å². The molecule has 25 heavy (non-hydrogen) atoms. The summed E-state index contributed by atoms with van der Waals surface area (Å²) in [7, 11) is 0. The molecule has 2 aromatic rings. The Morgan fingerprint density at radius 1 is 1.08 bits per heavy atom. The Labute approximate surface area is 152 Å². The first-order chi connectivity index (χ1) is 11.9. The lowest BCUT2D eigenvalue weighted by Crippen LogP contribution is -2.43. The van der Waals surface area contributed by atoms with Crippen molar-refractivity contribution in [2.45, 2.75) is 59.0 Å². The van der Waals surface area contributed by atoms with Crippen molar-refractivity contribution in [3.8, 4) is 0 Å². The summed E-state index contributed by atoms with van der Waals surface area (Å²) in [5.74, 6) is 0. The van der Waals surface area contributed by atoms with Gasteiger partial charge < -0.3 is 10.2 Å². The quantitative estimate of drug-likeness (QED) is 0.842. The lowest BCUT2D eigenvalue weighted by molar-refractivity contribution is 0.262. The minimum Gasteiger partial charge on any atom is -0.341 e.